The first kappa shape index (κ1) is 21.1. The molecule has 2 aromatic carbocycles. The number of benzene rings is 2. The number of ether oxygens (including phenoxy) is 3. The molecule has 0 radical (unpaired) electrons. The van der Waals surface area contributed by atoms with Crippen molar-refractivity contribution in [3.8, 4) is 22.8 Å². The van der Waals surface area contributed by atoms with Crippen molar-refractivity contribution in [2.75, 3.05) is 20.8 Å². The van der Waals surface area contributed by atoms with Gasteiger partial charge in [-0.15, -0.1) is 0 Å². The van der Waals surface area contributed by atoms with E-state index in [9.17, 15) is 9.59 Å². The van der Waals surface area contributed by atoms with Crippen molar-refractivity contribution in [1.82, 2.24) is 13.7 Å². The summed E-state index contributed by atoms with van der Waals surface area (Å²) in [5, 5.41) is 0.498. The molecule has 8 nitrogen and oxygen atoms in total. The lowest BCUT2D eigenvalue weighted by Crippen LogP contribution is -2.37. The Balaban J connectivity index is 1.89. The summed E-state index contributed by atoms with van der Waals surface area (Å²) < 4.78 is 21.8. The number of hydrogen-bond acceptors (Lipinski definition) is 5. The molecule has 0 unspecified atom stereocenters. The van der Waals surface area contributed by atoms with Gasteiger partial charge in [-0.05, 0) is 47.5 Å². The number of hydrogen-bond donors (Lipinski definition) is 0. The summed E-state index contributed by atoms with van der Waals surface area (Å²) in [4.78, 5) is 26.3. The van der Waals surface area contributed by atoms with Crippen LogP contribution in [0.4, 0.5) is 0 Å². The second-order valence-corrected chi connectivity index (χ2v) is 8.07. The standard InChI is InChI=1S/C25H25N3O5/c1-26-21-19(24(29)27(2)25(26)30)20(15-8-10-17(31-3)11-9-15)28-12-13-33-23(22(21)28)16-6-5-7-18(14-16)32-4/h5-11,14,23H,12-13H2,1-4H3/t23-/m1/s1. The van der Waals surface area contributed by atoms with Gasteiger partial charge >= 0.3 is 5.69 Å². The summed E-state index contributed by atoms with van der Waals surface area (Å²) in [6, 6.07) is 15.3. The van der Waals surface area contributed by atoms with Crippen molar-refractivity contribution in [1.29, 1.82) is 0 Å². The van der Waals surface area contributed by atoms with E-state index in [1.165, 1.54) is 11.6 Å². The van der Waals surface area contributed by atoms with Crippen LogP contribution in [-0.2, 0) is 25.4 Å². The Labute approximate surface area is 190 Å². The SMILES string of the molecule is COc1ccc(-c2c3c(=O)n(C)c(=O)n(C)c3c3n2CCO[C@@H]3c2cccc(OC)c2)cc1. The lowest BCUT2D eigenvalue weighted by molar-refractivity contribution is 0.0477. The molecule has 3 heterocycles. The van der Waals surface area contributed by atoms with Crippen molar-refractivity contribution in [2.45, 2.75) is 12.6 Å². The third kappa shape index (κ3) is 3.17. The second kappa shape index (κ2) is 7.97. The average molecular weight is 447 g/mol. The number of fused-ring (bicyclic) bond motifs is 3. The Bertz CT molecular complexity index is 1480. The van der Waals surface area contributed by atoms with Crippen molar-refractivity contribution >= 4 is 10.9 Å². The van der Waals surface area contributed by atoms with E-state index in [2.05, 4.69) is 4.57 Å². The fourth-order valence-corrected chi connectivity index (χ4v) is 4.69. The predicted molar refractivity (Wildman–Crippen MR) is 125 cm³/mol. The van der Waals surface area contributed by atoms with Gasteiger partial charge in [0.25, 0.3) is 5.56 Å². The van der Waals surface area contributed by atoms with E-state index in [0.29, 0.717) is 29.8 Å². The zero-order valence-corrected chi connectivity index (χ0v) is 19.0. The summed E-state index contributed by atoms with van der Waals surface area (Å²) in [6.45, 7) is 1.02. The van der Waals surface area contributed by atoms with E-state index in [1.807, 2.05) is 48.5 Å². The lowest BCUT2D eigenvalue weighted by Gasteiger charge is -2.28. The van der Waals surface area contributed by atoms with Crippen LogP contribution < -0.4 is 20.7 Å². The molecule has 2 aromatic heterocycles. The van der Waals surface area contributed by atoms with Gasteiger partial charge in [0, 0.05) is 20.6 Å². The lowest BCUT2D eigenvalue weighted by atomic mass is 10.0. The highest BCUT2D eigenvalue weighted by molar-refractivity contribution is 5.96. The Kier molecular flexibility index (Phi) is 5.09. The van der Waals surface area contributed by atoms with Gasteiger partial charge in [-0.3, -0.25) is 13.9 Å². The van der Waals surface area contributed by atoms with Gasteiger partial charge in [-0.2, -0.15) is 0 Å². The topological polar surface area (TPSA) is 76.6 Å². The molecule has 170 valence electrons. The molecule has 33 heavy (non-hydrogen) atoms. The molecule has 1 aliphatic heterocycles. The van der Waals surface area contributed by atoms with Crippen LogP contribution in [0, 0.1) is 0 Å². The predicted octanol–water partition coefficient (Wildman–Crippen LogP) is 2.84. The van der Waals surface area contributed by atoms with Crippen molar-refractivity contribution in [3.63, 3.8) is 0 Å². The zero-order valence-electron chi connectivity index (χ0n) is 19.0. The fraction of sp³-hybridized carbons (Fsp3) is 0.280. The highest BCUT2D eigenvalue weighted by atomic mass is 16.5. The first-order chi connectivity index (χ1) is 16.0. The van der Waals surface area contributed by atoms with Crippen LogP contribution in [0.3, 0.4) is 0 Å². The molecule has 0 fully saturated rings. The highest BCUT2D eigenvalue weighted by Crippen LogP contribution is 2.41. The van der Waals surface area contributed by atoms with Gasteiger partial charge in [0.05, 0.1) is 43.1 Å². The Morgan fingerprint density at radius 2 is 1.67 bits per heavy atom. The summed E-state index contributed by atoms with van der Waals surface area (Å²) in [7, 11) is 6.44. The minimum atomic E-state index is -0.457. The molecular weight excluding hydrogens is 422 g/mol. The Hall–Kier alpha value is -3.78. The molecule has 0 spiro atoms. The number of rotatable bonds is 4. The molecule has 1 aliphatic rings. The van der Waals surface area contributed by atoms with E-state index in [0.717, 1.165) is 32.8 Å². The zero-order chi connectivity index (χ0) is 23.3. The monoisotopic (exact) mass is 447 g/mol. The van der Waals surface area contributed by atoms with E-state index < -0.39 is 6.10 Å². The van der Waals surface area contributed by atoms with Gasteiger partial charge in [0.1, 0.15) is 17.6 Å². The molecule has 0 saturated carbocycles. The van der Waals surface area contributed by atoms with E-state index >= 15 is 0 Å². The van der Waals surface area contributed by atoms with Crippen LogP contribution in [0.1, 0.15) is 17.4 Å². The van der Waals surface area contributed by atoms with Crippen molar-refractivity contribution in [2.24, 2.45) is 14.1 Å². The van der Waals surface area contributed by atoms with Gasteiger partial charge < -0.3 is 18.8 Å². The maximum atomic E-state index is 13.4. The van der Waals surface area contributed by atoms with Crippen LogP contribution in [0.25, 0.3) is 22.2 Å². The average Bonchev–Trinajstić information content (AvgIpc) is 3.21. The fourth-order valence-electron chi connectivity index (χ4n) is 4.69. The van der Waals surface area contributed by atoms with E-state index in [-0.39, 0.29) is 11.2 Å². The van der Waals surface area contributed by atoms with Gasteiger partial charge in [0.2, 0.25) is 0 Å². The van der Waals surface area contributed by atoms with E-state index in [1.54, 1.807) is 21.3 Å². The van der Waals surface area contributed by atoms with Gasteiger partial charge in [0.15, 0.2) is 0 Å². The summed E-state index contributed by atoms with van der Waals surface area (Å²) in [6.07, 6.45) is -0.457. The quantitative estimate of drug-likeness (QED) is 0.481. The molecular formula is C25H25N3O5. The van der Waals surface area contributed by atoms with Crippen LogP contribution in [0.2, 0.25) is 0 Å². The minimum absolute atomic E-state index is 0.329. The molecule has 8 heteroatoms. The smallest absolute Gasteiger partial charge is 0.331 e. The number of aryl methyl sites for hydroxylation is 1. The van der Waals surface area contributed by atoms with Crippen molar-refractivity contribution < 1.29 is 14.2 Å². The third-order valence-corrected chi connectivity index (χ3v) is 6.31. The molecule has 5 rings (SSSR count). The van der Waals surface area contributed by atoms with Crippen LogP contribution >= 0.6 is 0 Å². The summed E-state index contributed by atoms with van der Waals surface area (Å²) in [5.74, 6) is 1.44. The van der Waals surface area contributed by atoms with Crippen LogP contribution in [0.5, 0.6) is 11.5 Å². The number of methoxy groups -OCH3 is 2. The molecule has 0 N–H and O–H groups in total. The highest BCUT2D eigenvalue weighted by Gasteiger charge is 2.33. The largest absolute Gasteiger partial charge is 0.497 e. The molecule has 0 bridgehead atoms. The Morgan fingerprint density at radius 3 is 2.36 bits per heavy atom. The third-order valence-electron chi connectivity index (χ3n) is 6.31. The maximum absolute atomic E-state index is 13.4. The first-order valence-corrected chi connectivity index (χ1v) is 10.7. The first-order valence-electron chi connectivity index (χ1n) is 10.7. The van der Waals surface area contributed by atoms with E-state index in [4.69, 9.17) is 14.2 Å². The summed E-state index contributed by atoms with van der Waals surface area (Å²) >= 11 is 0. The molecule has 0 saturated heterocycles. The Morgan fingerprint density at radius 1 is 0.939 bits per heavy atom. The second-order valence-electron chi connectivity index (χ2n) is 8.07. The van der Waals surface area contributed by atoms with Gasteiger partial charge in [-0.1, -0.05) is 12.1 Å². The number of nitrogens with zero attached hydrogens (tertiary/aromatic N) is 3. The normalized spacial score (nSPS) is 15.5. The minimum Gasteiger partial charge on any atom is -0.497 e. The van der Waals surface area contributed by atoms with Gasteiger partial charge in [-0.25, -0.2) is 4.79 Å². The molecule has 1 atom stereocenters. The maximum Gasteiger partial charge on any atom is 0.331 e. The van der Waals surface area contributed by atoms with Crippen LogP contribution in [-0.4, -0.2) is 34.5 Å². The summed E-state index contributed by atoms with van der Waals surface area (Å²) in [5.41, 5.74) is 3.20. The van der Waals surface area contributed by atoms with Crippen LogP contribution in [0.15, 0.2) is 58.1 Å². The van der Waals surface area contributed by atoms with Crippen molar-refractivity contribution in [3.05, 3.63) is 80.6 Å². The molecule has 0 amide bonds. The molecule has 4 aromatic rings. The number of aromatic nitrogens is 3. The molecule has 0 aliphatic carbocycles.